The second-order valence-corrected chi connectivity index (χ2v) is 7.34. The second-order valence-electron chi connectivity index (χ2n) is 7.34. The van der Waals surface area contributed by atoms with Crippen LogP contribution in [0.25, 0.3) is 0 Å². The van der Waals surface area contributed by atoms with Gasteiger partial charge in [0.1, 0.15) is 6.61 Å². The van der Waals surface area contributed by atoms with Gasteiger partial charge in [-0.3, -0.25) is 9.59 Å². The molecule has 2 fully saturated rings. The van der Waals surface area contributed by atoms with Crippen molar-refractivity contribution in [1.29, 1.82) is 0 Å². The third-order valence-electron chi connectivity index (χ3n) is 5.43. The number of carboxylic acids is 1. The van der Waals surface area contributed by atoms with Crippen LogP contribution < -0.4 is 0 Å². The molecule has 1 N–H and O–H groups in total. The van der Waals surface area contributed by atoms with Crippen LogP contribution in [-0.4, -0.2) is 59.1 Å². The van der Waals surface area contributed by atoms with E-state index in [4.69, 9.17) is 9.84 Å². The Labute approximate surface area is 158 Å². The van der Waals surface area contributed by atoms with Crippen LogP contribution in [0.15, 0.2) is 30.3 Å². The zero-order chi connectivity index (χ0) is 19.2. The number of amides is 2. The predicted octanol–water partition coefficient (Wildman–Crippen LogP) is 2.36. The highest BCUT2D eigenvalue weighted by molar-refractivity contribution is 5.80. The number of hydrogen-bond donors (Lipinski definition) is 1. The molecule has 1 aromatic rings. The summed E-state index contributed by atoms with van der Waals surface area (Å²) in [4.78, 5) is 38.4. The first-order chi connectivity index (χ1) is 13.0. The van der Waals surface area contributed by atoms with E-state index in [0.29, 0.717) is 38.5 Å². The number of carbonyl (C=O) groups is 3. The Morgan fingerprint density at radius 3 is 2.33 bits per heavy atom. The number of nitrogens with zero attached hydrogens (tertiary/aromatic N) is 2. The maximum absolute atomic E-state index is 12.2. The van der Waals surface area contributed by atoms with Gasteiger partial charge in [-0.1, -0.05) is 30.3 Å². The number of benzene rings is 1. The molecule has 2 aliphatic rings. The summed E-state index contributed by atoms with van der Waals surface area (Å²) in [5, 5.41) is 8.86. The summed E-state index contributed by atoms with van der Waals surface area (Å²) in [6.45, 7) is 2.25. The van der Waals surface area contributed by atoms with Crippen molar-refractivity contribution < 1.29 is 24.2 Å². The largest absolute Gasteiger partial charge is 0.481 e. The monoisotopic (exact) mass is 374 g/mol. The van der Waals surface area contributed by atoms with Crippen molar-refractivity contribution in [1.82, 2.24) is 9.80 Å². The molecule has 0 saturated carbocycles. The molecule has 1 aromatic carbocycles. The molecule has 2 aliphatic heterocycles. The van der Waals surface area contributed by atoms with Gasteiger partial charge < -0.3 is 19.6 Å². The Morgan fingerprint density at radius 1 is 1.04 bits per heavy atom. The maximum atomic E-state index is 12.2. The third-order valence-corrected chi connectivity index (χ3v) is 5.43. The summed E-state index contributed by atoms with van der Waals surface area (Å²) in [5.74, 6) is -0.773. The SMILES string of the molecule is O=C(O)C1CN(C(=O)CCC2CCN(C(=O)OCc3ccccc3)CC2)C1. The van der Waals surface area contributed by atoms with Crippen LogP contribution >= 0.6 is 0 Å². The smallest absolute Gasteiger partial charge is 0.410 e. The summed E-state index contributed by atoms with van der Waals surface area (Å²) >= 11 is 0. The van der Waals surface area contributed by atoms with E-state index in [1.165, 1.54) is 0 Å². The lowest BCUT2D eigenvalue weighted by Crippen LogP contribution is -2.53. The van der Waals surface area contributed by atoms with Crippen LogP contribution in [0.2, 0.25) is 0 Å². The van der Waals surface area contributed by atoms with E-state index < -0.39 is 11.9 Å². The minimum Gasteiger partial charge on any atom is -0.481 e. The number of carboxylic acid groups (broad SMARTS) is 1. The van der Waals surface area contributed by atoms with Crippen LogP contribution in [0.4, 0.5) is 4.79 Å². The van der Waals surface area contributed by atoms with Gasteiger partial charge in [0.05, 0.1) is 5.92 Å². The molecule has 146 valence electrons. The van der Waals surface area contributed by atoms with E-state index in [-0.39, 0.29) is 18.6 Å². The Kier molecular flexibility index (Phi) is 6.32. The molecule has 2 amide bonds. The Balaban J connectivity index is 1.31. The zero-order valence-electron chi connectivity index (χ0n) is 15.4. The molecule has 0 aliphatic carbocycles. The standard InChI is InChI=1S/C20H26N2O5/c23-18(22-12-17(13-22)19(24)25)7-6-15-8-10-21(11-9-15)20(26)27-14-16-4-2-1-3-5-16/h1-5,15,17H,6-14H2,(H,24,25). The molecule has 0 radical (unpaired) electrons. The molecule has 0 bridgehead atoms. The lowest BCUT2D eigenvalue weighted by molar-refractivity contribution is -0.152. The first kappa shape index (κ1) is 19.2. The molecule has 0 spiro atoms. The molecule has 7 heteroatoms. The Morgan fingerprint density at radius 2 is 1.70 bits per heavy atom. The van der Waals surface area contributed by atoms with E-state index >= 15 is 0 Å². The fourth-order valence-corrected chi connectivity index (χ4v) is 3.54. The molecule has 27 heavy (non-hydrogen) atoms. The highest BCUT2D eigenvalue weighted by atomic mass is 16.6. The Hall–Kier alpha value is -2.57. The molecule has 2 heterocycles. The minimum atomic E-state index is -0.828. The second kappa shape index (κ2) is 8.88. The molecular formula is C20H26N2O5. The molecule has 2 saturated heterocycles. The van der Waals surface area contributed by atoms with Crippen molar-refractivity contribution in [3.8, 4) is 0 Å². The van der Waals surface area contributed by atoms with Gasteiger partial charge in [0, 0.05) is 32.6 Å². The van der Waals surface area contributed by atoms with Crippen molar-refractivity contribution in [2.24, 2.45) is 11.8 Å². The summed E-state index contributed by atoms with van der Waals surface area (Å²) in [6.07, 6.45) is 2.69. The van der Waals surface area contributed by atoms with E-state index in [2.05, 4.69) is 0 Å². The van der Waals surface area contributed by atoms with Crippen LogP contribution in [0.3, 0.4) is 0 Å². The van der Waals surface area contributed by atoms with Crippen LogP contribution in [-0.2, 0) is 20.9 Å². The maximum Gasteiger partial charge on any atom is 0.410 e. The topological polar surface area (TPSA) is 87.2 Å². The van der Waals surface area contributed by atoms with Gasteiger partial charge in [0.2, 0.25) is 5.91 Å². The number of carbonyl (C=O) groups excluding carboxylic acids is 2. The summed E-state index contributed by atoms with van der Waals surface area (Å²) in [6, 6.07) is 9.60. The van der Waals surface area contributed by atoms with Crippen LogP contribution in [0.1, 0.15) is 31.2 Å². The van der Waals surface area contributed by atoms with Crippen LogP contribution in [0.5, 0.6) is 0 Å². The Bertz CT molecular complexity index is 664. The number of piperidine rings is 1. The van der Waals surface area contributed by atoms with Crippen molar-refractivity contribution in [2.75, 3.05) is 26.2 Å². The summed E-state index contributed by atoms with van der Waals surface area (Å²) in [7, 11) is 0. The fraction of sp³-hybridized carbons (Fsp3) is 0.550. The highest BCUT2D eigenvalue weighted by Gasteiger charge is 2.35. The molecule has 0 aromatic heterocycles. The highest BCUT2D eigenvalue weighted by Crippen LogP contribution is 2.24. The number of likely N-dealkylation sites (tertiary alicyclic amines) is 2. The lowest BCUT2D eigenvalue weighted by atomic mass is 9.91. The molecule has 0 atom stereocenters. The average Bonchev–Trinajstić information content (AvgIpc) is 2.64. The zero-order valence-corrected chi connectivity index (χ0v) is 15.4. The van der Waals surface area contributed by atoms with Crippen molar-refractivity contribution in [2.45, 2.75) is 32.3 Å². The number of hydrogen-bond acceptors (Lipinski definition) is 4. The average molecular weight is 374 g/mol. The van der Waals surface area contributed by atoms with Gasteiger partial charge in [-0.2, -0.15) is 0 Å². The van der Waals surface area contributed by atoms with Gasteiger partial charge in [-0.25, -0.2) is 4.79 Å². The number of rotatable bonds is 6. The van der Waals surface area contributed by atoms with Crippen molar-refractivity contribution >= 4 is 18.0 Å². The fourth-order valence-electron chi connectivity index (χ4n) is 3.54. The summed E-state index contributed by atoms with van der Waals surface area (Å²) in [5.41, 5.74) is 0.968. The van der Waals surface area contributed by atoms with Gasteiger partial charge in [-0.15, -0.1) is 0 Å². The predicted molar refractivity (Wildman–Crippen MR) is 97.9 cm³/mol. The third kappa shape index (κ3) is 5.21. The molecular weight excluding hydrogens is 348 g/mol. The van der Waals surface area contributed by atoms with Crippen molar-refractivity contribution in [3.63, 3.8) is 0 Å². The van der Waals surface area contributed by atoms with Crippen molar-refractivity contribution in [3.05, 3.63) is 35.9 Å². The molecule has 7 nitrogen and oxygen atoms in total. The van der Waals surface area contributed by atoms with Gasteiger partial charge in [0.15, 0.2) is 0 Å². The lowest BCUT2D eigenvalue weighted by Gasteiger charge is -2.37. The van der Waals surface area contributed by atoms with E-state index in [9.17, 15) is 14.4 Å². The van der Waals surface area contributed by atoms with Gasteiger partial charge >= 0.3 is 12.1 Å². The summed E-state index contributed by atoms with van der Waals surface area (Å²) < 4.78 is 5.36. The number of aliphatic carboxylic acids is 1. The van der Waals surface area contributed by atoms with E-state index in [1.54, 1.807) is 9.80 Å². The first-order valence-corrected chi connectivity index (χ1v) is 9.49. The first-order valence-electron chi connectivity index (χ1n) is 9.49. The van der Waals surface area contributed by atoms with Gasteiger partial charge in [-0.05, 0) is 30.7 Å². The number of ether oxygens (including phenoxy) is 1. The van der Waals surface area contributed by atoms with E-state index in [0.717, 1.165) is 24.8 Å². The quantitative estimate of drug-likeness (QED) is 0.826. The minimum absolute atomic E-state index is 0.0391. The van der Waals surface area contributed by atoms with Crippen LogP contribution in [0, 0.1) is 11.8 Å². The normalized spacial score (nSPS) is 18.1. The van der Waals surface area contributed by atoms with Gasteiger partial charge in [0.25, 0.3) is 0 Å². The molecule has 0 unspecified atom stereocenters. The van der Waals surface area contributed by atoms with E-state index in [1.807, 2.05) is 30.3 Å². The molecule has 3 rings (SSSR count).